The number of carbonyl (C=O) groups excluding carboxylic acids is 2. The molecular weight excluding hydrogens is 440 g/mol. The minimum atomic E-state index is -3.82. The third-order valence-electron chi connectivity index (χ3n) is 6.14. The highest BCUT2D eigenvalue weighted by Crippen LogP contribution is 2.19. The van der Waals surface area contributed by atoms with Gasteiger partial charge in [0.25, 0.3) is 15.9 Å². The lowest BCUT2D eigenvalue weighted by Crippen LogP contribution is -2.51. The molecule has 2 aromatic carbocycles. The first-order chi connectivity index (χ1) is 15.8. The summed E-state index contributed by atoms with van der Waals surface area (Å²) in [7, 11) is -3.82. The predicted octanol–water partition coefficient (Wildman–Crippen LogP) is 2.18. The molecule has 0 unspecified atom stereocenters. The van der Waals surface area contributed by atoms with Crippen molar-refractivity contribution in [3.63, 3.8) is 0 Å². The standard InChI is InChI=1S/C24H30N4O4S/c1-19-6-4-8-21(16-19)25-33(31,32)22-9-5-7-20(17-22)24(30)28-14-12-26(13-15-28)18-23(29)27-10-2-3-11-27/h4-9,16-17,25H,2-3,10-15,18H2,1H3. The van der Waals surface area contributed by atoms with Gasteiger partial charge in [0.05, 0.1) is 11.4 Å². The van der Waals surface area contributed by atoms with Crippen molar-refractivity contribution in [3.8, 4) is 0 Å². The van der Waals surface area contributed by atoms with Gasteiger partial charge in [0.15, 0.2) is 0 Å². The normalized spacial score (nSPS) is 17.2. The average Bonchev–Trinajstić information content (AvgIpc) is 3.34. The van der Waals surface area contributed by atoms with Crippen molar-refractivity contribution in [3.05, 3.63) is 59.7 Å². The van der Waals surface area contributed by atoms with E-state index in [1.54, 1.807) is 35.2 Å². The van der Waals surface area contributed by atoms with E-state index < -0.39 is 10.0 Å². The van der Waals surface area contributed by atoms with E-state index >= 15 is 0 Å². The number of anilines is 1. The Hall–Kier alpha value is -2.91. The first kappa shape index (κ1) is 23.3. The number of likely N-dealkylation sites (tertiary alicyclic amines) is 1. The molecule has 1 N–H and O–H groups in total. The number of rotatable bonds is 6. The summed E-state index contributed by atoms with van der Waals surface area (Å²) in [5.74, 6) is -0.0422. The molecule has 2 fully saturated rings. The lowest BCUT2D eigenvalue weighted by Gasteiger charge is -2.35. The van der Waals surface area contributed by atoms with Gasteiger partial charge in [-0.2, -0.15) is 0 Å². The highest BCUT2D eigenvalue weighted by molar-refractivity contribution is 7.92. The monoisotopic (exact) mass is 470 g/mol. The van der Waals surface area contributed by atoms with Crippen molar-refractivity contribution in [2.24, 2.45) is 0 Å². The molecule has 0 atom stereocenters. The number of sulfonamides is 1. The van der Waals surface area contributed by atoms with Crippen molar-refractivity contribution >= 4 is 27.5 Å². The van der Waals surface area contributed by atoms with Crippen LogP contribution in [0, 0.1) is 6.92 Å². The van der Waals surface area contributed by atoms with Gasteiger partial charge in [-0.25, -0.2) is 8.42 Å². The predicted molar refractivity (Wildman–Crippen MR) is 127 cm³/mol. The summed E-state index contributed by atoms with van der Waals surface area (Å²) in [5.41, 5.74) is 1.76. The van der Waals surface area contributed by atoms with Gasteiger partial charge in [-0.1, -0.05) is 18.2 Å². The number of piperazine rings is 1. The van der Waals surface area contributed by atoms with Crippen LogP contribution in [-0.4, -0.2) is 80.7 Å². The zero-order valence-electron chi connectivity index (χ0n) is 18.9. The van der Waals surface area contributed by atoms with Crippen LogP contribution in [-0.2, 0) is 14.8 Å². The van der Waals surface area contributed by atoms with Crippen LogP contribution in [0.3, 0.4) is 0 Å². The molecule has 33 heavy (non-hydrogen) atoms. The van der Waals surface area contributed by atoms with Gasteiger partial charge in [-0.15, -0.1) is 0 Å². The highest BCUT2D eigenvalue weighted by Gasteiger charge is 2.26. The number of carbonyl (C=O) groups is 2. The van der Waals surface area contributed by atoms with E-state index in [1.807, 2.05) is 17.9 Å². The summed E-state index contributed by atoms with van der Waals surface area (Å²) < 4.78 is 28.3. The Bertz CT molecular complexity index is 1120. The molecule has 2 aromatic rings. The molecular formula is C24H30N4O4S. The lowest BCUT2D eigenvalue weighted by molar-refractivity contribution is -0.131. The van der Waals surface area contributed by atoms with Crippen LogP contribution >= 0.6 is 0 Å². The number of aryl methyl sites for hydroxylation is 1. The van der Waals surface area contributed by atoms with Crippen LogP contribution in [0.4, 0.5) is 5.69 Å². The molecule has 2 amide bonds. The quantitative estimate of drug-likeness (QED) is 0.699. The molecule has 0 aromatic heterocycles. The van der Waals surface area contributed by atoms with Crippen molar-refractivity contribution < 1.29 is 18.0 Å². The molecule has 0 aliphatic carbocycles. The van der Waals surface area contributed by atoms with E-state index in [4.69, 9.17) is 0 Å². The molecule has 2 aliphatic rings. The van der Waals surface area contributed by atoms with Crippen LogP contribution in [0.1, 0.15) is 28.8 Å². The number of hydrogen-bond acceptors (Lipinski definition) is 5. The van der Waals surface area contributed by atoms with Gasteiger partial charge in [0.2, 0.25) is 5.91 Å². The average molecular weight is 471 g/mol. The first-order valence-corrected chi connectivity index (χ1v) is 12.8. The molecule has 0 radical (unpaired) electrons. The van der Waals surface area contributed by atoms with Crippen LogP contribution < -0.4 is 4.72 Å². The molecule has 2 aliphatic heterocycles. The zero-order valence-corrected chi connectivity index (χ0v) is 19.7. The van der Waals surface area contributed by atoms with E-state index in [0.717, 1.165) is 31.5 Å². The van der Waals surface area contributed by atoms with Gasteiger partial charge in [0.1, 0.15) is 0 Å². The number of nitrogens with zero attached hydrogens (tertiary/aromatic N) is 3. The number of nitrogens with one attached hydrogen (secondary N) is 1. The molecule has 0 saturated carbocycles. The number of hydrogen-bond donors (Lipinski definition) is 1. The highest BCUT2D eigenvalue weighted by atomic mass is 32.2. The second-order valence-electron chi connectivity index (χ2n) is 8.66. The Morgan fingerprint density at radius 3 is 2.27 bits per heavy atom. The second kappa shape index (κ2) is 9.93. The van der Waals surface area contributed by atoms with Gasteiger partial charge >= 0.3 is 0 Å². The molecule has 2 heterocycles. The van der Waals surface area contributed by atoms with E-state index in [1.165, 1.54) is 12.1 Å². The van der Waals surface area contributed by atoms with Crippen LogP contribution in [0.15, 0.2) is 53.4 Å². The van der Waals surface area contributed by atoms with Gasteiger partial charge in [-0.3, -0.25) is 19.2 Å². The number of benzene rings is 2. The molecule has 2 saturated heterocycles. The largest absolute Gasteiger partial charge is 0.342 e. The van der Waals surface area contributed by atoms with Crippen molar-refractivity contribution in [2.45, 2.75) is 24.7 Å². The first-order valence-electron chi connectivity index (χ1n) is 11.3. The minimum Gasteiger partial charge on any atom is -0.342 e. The SMILES string of the molecule is Cc1cccc(NS(=O)(=O)c2cccc(C(=O)N3CCN(CC(=O)N4CCCC4)CC3)c2)c1. The summed E-state index contributed by atoms with van der Waals surface area (Å²) >= 11 is 0. The van der Waals surface area contributed by atoms with Crippen LogP contribution in [0.2, 0.25) is 0 Å². The molecule has 8 nitrogen and oxygen atoms in total. The zero-order chi connectivity index (χ0) is 23.4. The van der Waals surface area contributed by atoms with Gasteiger partial charge < -0.3 is 9.80 Å². The summed E-state index contributed by atoms with van der Waals surface area (Å²) in [6.45, 7) is 6.22. The second-order valence-corrected chi connectivity index (χ2v) is 10.3. The van der Waals surface area contributed by atoms with Crippen LogP contribution in [0.25, 0.3) is 0 Å². The van der Waals surface area contributed by atoms with E-state index in [2.05, 4.69) is 9.62 Å². The van der Waals surface area contributed by atoms with Crippen molar-refractivity contribution in [2.75, 3.05) is 50.5 Å². The van der Waals surface area contributed by atoms with Crippen molar-refractivity contribution in [1.29, 1.82) is 0 Å². The Balaban J connectivity index is 1.37. The Morgan fingerprint density at radius 2 is 1.58 bits per heavy atom. The summed E-state index contributed by atoms with van der Waals surface area (Å²) in [4.78, 5) is 31.2. The van der Waals surface area contributed by atoms with Crippen LogP contribution in [0.5, 0.6) is 0 Å². The van der Waals surface area contributed by atoms with Gasteiger partial charge in [0, 0.05) is 50.5 Å². The van der Waals surface area contributed by atoms with E-state index in [0.29, 0.717) is 44.0 Å². The Labute approximate surface area is 195 Å². The van der Waals surface area contributed by atoms with E-state index in [9.17, 15) is 18.0 Å². The summed E-state index contributed by atoms with van der Waals surface area (Å²) in [5, 5.41) is 0. The summed E-state index contributed by atoms with van der Waals surface area (Å²) in [6.07, 6.45) is 2.15. The van der Waals surface area contributed by atoms with E-state index in [-0.39, 0.29) is 16.7 Å². The Kier molecular flexibility index (Phi) is 6.99. The third-order valence-corrected chi connectivity index (χ3v) is 7.52. The smallest absolute Gasteiger partial charge is 0.261 e. The maximum absolute atomic E-state index is 13.0. The summed E-state index contributed by atoms with van der Waals surface area (Å²) in [6, 6.07) is 13.2. The topological polar surface area (TPSA) is 90.0 Å². The molecule has 9 heteroatoms. The van der Waals surface area contributed by atoms with Crippen molar-refractivity contribution in [1.82, 2.24) is 14.7 Å². The third kappa shape index (κ3) is 5.72. The Morgan fingerprint density at radius 1 is 0.879 bits per heavy atom. The minimum absolute atomic E-state index is 0.0460. The lowest BCUT2D eigenvalue weighted by atomic mass is 10.2. The molecule has 0 spiro atoms. The maximum Gasteiger partial charge on any atom is 0.261 e. The molecule has 0 bridgehead atoms. The fourth-order valence-corrected chi connectivity index (χ4v) is 5.36. The molecule has 176 valence electrons. The van der Waals surface area contributed by atoms with Gasteiger partial charge in [-0.05, 0) is 55.7 Å². The maximum atomic E-state index is 13.0. The fourth-order valence-electron chi connectivity index (χ4n) is 4.27. The fraction of sp³-hybridized carbons (Fsp3) is 0.417. The number of amides is 2. The molecule has 4 rings (SSSR count).